The van der Waals surface area contributed by atoms with Crippen molar-refractivity contribution in [2.75, 3.05) is 18.0 Å². The van der Waals surface area contributed by atoms with Crippen molar-refractivity contribution < 1.29 is 9.26 Å². The van der Waals surface area contributed by atoms with Crippen molar-refractivity contribution >= 4 is 5.69 Å². The van der Waals surface area contributed by atoms with Crippen molar-refractivity contribution in [1.82, 2.24) is 10.1 Å². The van der Waals surface area contributed by atoms with E-state index in [0.29, 0.717) is 11.9 Å². The fourth-order valence-corrected chi connectivity index (χ4v) is 4.37. The molecule has 0 saturated carbocycles. The molecule has 1 aromatic heterocycles. The first kappa shape index (κ1) is 14.5. The normalized spacial score (nSPS) is 29.3. The second-order valence-electron chi connectivity index (χ2n) is 7.27. The zero-order chi connectivity index (χ0) is 15.9. The number of fused-ring (bicyclic) bond motifs is 2. The average Bonchev–Trinajstić information content (AvgIpc) is 3.39. The minimum absolute atomic E-state index is 0.282. The quantitative estimate of drug-likeness (QED) is 0.860. The monoisotopic (exact) mass is 325 g/mol. The largest absolute Gasteiger partial charge is 0.374 e. The molecule has 3 atom stereocenters. The minimum Gasteiger partial charge on any atom is -0.374 e. The smallest absolute Gasteiger partial charge is 0.232 e. The standard InChI is InChI=1S/C19H23N3O2/c1-2-10-22(11-3-1)14-6-4-13(5-7-14)18-20-19(24-21-18)16-12-15-8-9-17(16)23-15/h4-7,15-17H,1-3,8-12H2. The Morgan fingerprint density at radius 1 is 1.00 bits per heavy atom. The zero-order valence-corrected chi connectivity index (χ0v) is 13.9. The van der Waals surface area contributed by atoms with Gasteiger partial charge in [-0.25, -0.2) is 0 Å². The highest BCUT2D eigenvalue weighted by Gasteiger charge is 2.44. The topological polar surface area (TPSA) is 51.4 Å². The van der Waals surface area contributed by atoms with E-state index in [1.165, 1.54) is 31.4 Å². The van der Waals surface area contributed by atoms with E-state index in [4.69, 9.17) is 9.26 Å². The first-order valence-electron chi connectivity index (χ1n) is 9.21. The van der Waals surface area contributed by atoms with Gasteiger partial charge >= 0.3 is 0 Å². The maximum atomic E-state index is 5.90. The van der Waals surface area contributed by atoms with Crippen LogP contribution in [0.3, 0.4) is 0 Å². The molecular formula is C19H23N3O2. The molecule has 2 aromatic rings. The lowest BCUT2D eigenvalue weighted by Crippen LogP contribution is -2.29. The first-order chi connectivity index (χ1) is 11.9. The molecule has 5 nitrogen and oxygen atoms in total. The minimum atomic E-state index is 0.282. The Bertz CT molecular complexity index is 706. The average molecular weight is 325 g/mol. The van der Waals surface area contributed by atoms with Crippen LogP contribution in [0.25, 0.3) is 11.4 Å². The molecule has 5 rings (SSSR count). The van der Waals surface area contributed by atoms with Crippen LogP contribution in [-0.2, 0) is 4.74 Å². The third kappa shape index (κ3) is 2.51. The van der Waals surface area contributed by atoms with Crippen LogP contribution in [0.1, 0.15) is 50.3 Å². The summed E-state index contributed by atoms with van der Waals surface area (Å²) in [6.07, 6.45) is 7.96. The number of anilines is 1. The fraction of sp³-hybridized carbons (Fsp3) is 0.579. The molecule has 3 aliphatic rings. The Balaban J connectivity index is 1.33. The summed E-state index contributed by atoms with van der Waals surface area (Å²) >= 11 is 0. The highest BCUT2D eigenvalue weighted by atomic mass is 16.5. The lowest BCUT2D eigenvalue weighted by Gasteiger charge is -2.28. The molecule has 0 amide bonds. The molecule has 3 unspecified atom stereocenters. The summed E-state index contributed by atoms with van der Waals surface area (Å²) in [5.74, 6) is 1.73. The molecule has 3 fully saturated rings. The van der Waals surface area contributed by atoms with Gasteiger partial charge < -0.3 is 14.2 Å². The Labute approximate surface area is 142 Å². The number of nitrogens with zero attached hydrogens (tertiary/aromatic N) is 3. The highest BCUT2D eigenvalue weighted by molar-refractivity contribution is 5.60. The molecule has 126 valence electrons. The van der Waals surface area contributed by atoms with Gasteiger partial charge in [0.05, 0.1) is 18.1 Å². The number of piperidine rings is 1. The number of benzene rings is 1. The Morgan fingerprint density at radius 3 is 2.54 bits per heavy atom. The molecule has 1 aromatic carbocycles. The Kier molecular flexibility index (Phi) is 3.55. The van der Waals surface area contributed by atoms with Crippen LogP contribution >= 0.6 is 0 Å². The van der Waals surface area contributed by atoms with E-state index < -0.39 is 0 Å². The molecule has 4 heterocycles. The van der Waals surface area contributed by atoms with E-state index in [1.807, 2.05) is 0 Å². The van der Waals surface area contributed by atoms with E-state index in [0.717, 1.165) is 37.4 Å². The van der Waals surface area contributed by atoms with E-state index in [2.05, 4.69) is 39.3 Å². The zero-order valence-electron chi connectivity index (χ0n) is 13.9. The molecule has 3 saturated heterocycles. The van der Waals surface area contributed by atoms with E-state index in [-0.39, 0.29) is 12.0 Å². The van der Waals surface area contributed by atoms with Crippen LogP contribution in [0.5, 0.6) is 0 Å². The maximum Gasteiger partial charge on any atom is 0.232 e. The number of hydrogen-bond donors (Lipinski definition) is 0. The van der Waals surface area contributed by atoms with Crippen molar-refractivity contribution in [2.45, 2.75) is 56.7 Å². The van der Waals surface area contributed by atoms with Crippen LogP contribution in [0.2, 0.25) is 0 Å². The molecule has 2 bridgehead atoms. The van der Waals surface area contributed by atoms with E-state index in [9.17, 15) is 0 Å². The molecule has 0 aliphatic carbocycles. The van der Waals surface area contributed by atoms with Gasteiger partial charge in [0.25, 0.3) is 0 Å². The van der Waals surface area contributed by atoms with Gasteiger partial charge in [0, 0.05) is 24.3 Å². The summed E-state index contributed by atoms with van der Waals surface area (Å²) in [5.41, 5.74) is 2.32. The summed E-state index contributed by atoms with van der Waals surface area (Å²) in [5, 5.41) is 4.20. The van der Waals surface area contributed by atoms with Crippen LogP contribution in [0.15, 0.2) is 28.8 Å². The molecule has 0 N–H and O–H groups in total. The summed E-state index contributed by atoms with van der Waals surface area (Å²) in [4.78, 5) is 7.11. The van der Waals surface area contributed by atoms with Crippen molar-refractivity contribution in [3.63, 3.8) is 0 Å². The van der Waals surface area contributed by atoms with Gasteiger partial charge in [-0.1, -0.05) is 5.16 Å². The molecule has 24 heavy (non-hydrogen) atoms. The van der Waals surface area contributed by atoms with Crippen molar-refractivity contribution in [1.29, 1.82) is 0 Å². The first-order valence-corrected chi connectivity index (χ1v) is 9.21. The molecule has 3 aliphatic heterocycles. The summed E-state index contributed by atoms with van der Waals surface area (Å²) in [6, 6.07) is 8.57. The van der Waals surface area contributed by atoms with Gasteiger partial charge in [-0.05, 0) is 62.8 Å². The number of rotatable bonds is 3. The van der Waals surface area contributed by atoms with Gasteiger partial charge in [-0.2, -0.15) is 4.98 Å². The molecule has 0 spiro atoms. The van der Waals surface area contributed by atoms with Crippen LogP contribution in [-0.4, -0.2) is 35.4 Å². The summed E-state index contributed by atoms with van der Waals surface area (Å²) < 4.78 is 11.5. The summed E-state index contributed by atoms with van der Waals surface area (Å²) in [7, 11) is 0. The molecular weight excluding hydrogens is 302 g/mol. The van der Waals surface area contributed by atoms with Crippen molar-refractivity contribution in [3.05, 3.63) is 30.2 Å². The van der Waals surface area contributed by atoms with Crippen LogP contribution in [0, 0.1) is 0 Å². The summed E-state index contributed by atoms with van der Waals surface area (Å²) in [6.45, 7) is 2.33. The van der Waals surface area contributed by atoms with E-state index >= 15 is 0 Å². The van der Waals surface area contributed by atoms with Gasteiger partial charge in [0.15, 0.2) is 0 Å². The number of hydrogen-bond acceptors (Lipinski definition) is 5. The maximum absolute atomic E-state index is 5.90. The third-order valence-electron chi connectivity index (χ3n) is 5.71. The van der Waals surface area contributed by atoms with E-state index in [1.54, 1.807) is 0 Å². The van der Waals surface area contributed by atoms with Crippen LogP contribution in [0.4, 0.5) is 5.69 Å². The van der Waals surface area contributed by atoms with Crippen LogP contribution < -0.4 is 4.90 Å². The SMILES string of the molecule is c1cc(N2CCCCC2)ccc1-c1noc(C2CC3CCC2O3)n1. The van der Waals surface area contributed by atoms with Gasteiger partial charge in [0.1, 0.15) is 0 Å². The van der Waals surface area contributed by atoms with Gasteiger partial charge in [-0.15, -0.1) is 0 Å². The number of aromatic nitrogens is 2. The highest BCUT2D eigenvalue weighted by Crippen LogP contribution is 2.44. The van der Waals surface area contributed by atoms with Crippen molar-refractivity contribution in [2.24, 2.45) is 0 Å². The molecule has 0 radical (unpaired) electrons. The lowest BCUT2D eigenvalue weighted by atomic mass is 9.89. The second-order valence-corrected chi connectivity index (χ2v) is 7.27. The lowest BCUT2D eigenvalue weighted by molar-refractivity contribution is 0.0974. The fourth-order valence-electron chi connectivity index (χ4n) is 4.37. The Hall–Kier alpha value is -1.88. The predicted molar refractivity (Wildman–Crippen MR) is 91.1 cm³/mol. The third-order valence-corrected chi connectivity index (χ3v) is 5.71. The second kappa shape index (κ2) is 5.88. The number of ether oxygens (including phenoxy) is 1. The predicted octanol–water partition coefficient (Wildman–Crippen LogP) is 3.76. The molecule has 5 heteroatoms. The van der Waals surface area contributed by atoms with Gasteiger partial charge in [-0.3, -0.25) is 0 Å². The Morgan fingerprint density at radius 2 is 1.83 bits per heavy atom. The van der Waals surface area contributed by atoms with Gasteiger partial charge in [0.2, 0.25) is 11.7 Å². The van der Waals surface area contributed by atoms with Crippen molar-refractivity contribution in [3.8, 4) is 11.4 Å².